The van der Waals surface area contributed by atoms with Gasteiger partial charge in [-0.05, 0) is 44.9 Å². The smallest absolute Gasteiger partial charge is 0.305 e. The summed E-state index contributed by atoms with van der Waals surface area (Å²) in [6, 6.07) is 6.18. The zero-order valence-corrected chi connectivity index (χ0v) is 13.5. The second-order valence-electron chi connectivity index (χ2n) is 5.14. The van der Waals surface area contributed by atoms with E-state index in [-0.39, 0.29) is 11.3 Å². The Bertz CT molecular complexity index is 634. The van der Waals surface area contributed by atoms with Crippen molar-refractivity contribution in [3.63, 3.8) is 0 Å². The maximum absolute atomic E-state index is 11.4. The number of halogens is 1. The number of hydrogen-bond donors (Lipinski definition) is 0. The van der Waals surface area contributed by atoms with E-state index >= 15 is 0 Å². The van der Waals surface area contributed by atoms with Crippen LogP contribution in [-0.2, 0) is 16.1 Å². The molecule has 1 atom stereocenters. The first-order valence-electron chi connectivity index (χ1n) is 7.29. The van der Waals surface area contributed by atoms with Crippen LogP contribution in [0.4, 0.5) is 0 Å². The normalized spacial score (nSPS) is 12.6. The Labute approximate surface area is 130 Å². The van der Waals surface area contributed by atoms with Gasteiger partial charge in [0.15, 0.2) is 0 Å². The van der Waals surface area contributed by atoms with Gasteiger partial charge in [-0.15, -0.1) is 11.6 Å². The van der Waals surface area contributed by atoms with Gasteiger partial charge < -0.3 is 9.30 Å². The molecule has 1 unspecified atom stereocenters. The Hall–Kier alpha value is -1.55. The molecule has 0 aliphatic rings. The van der Waals surface area contributed by atoms with E-state index in [0.717, 1.165) is 23.3 Å². The number of rotatable bonds is 6. The van der Waals surface area contributed by atoms with E-state index < -0.39 is 0 Å². The van der Waals surface area contributed by atoms with Crippen LogP contribution in [0.5, 0.6) is 0 Å². The third kappa shape index (κ3) is 3.76. The fourth-order valence-corrected chi connectivity index (χ4v) is 2.58. The molecule has 21 heavy (non-hydrogen) atoms. The van der Waals surface area contributed by atoms with E-state index in [4.69, 9.17) is 16.3 Å². The molecule has 0 spiro atoms. The van der Waals surface area contributed by atoms with E-state index in [0.29, 0.717) is 19.6 Å². The third-order valence-corrected chi connectivity index (χ3v) is 3.55. The quantitative estimate of drug-likeness (QED) is 0.598. The molecule has 0 saturated carbocycles. The molecular formula is C16H21ClN2O2. The largest absolute Gasteiger partial charge is 0.466 e. The number of carbonyl (C=O) groups excluding carboxylic acids is 1. The minimum absolute atomic E-state index is 0.154. The molecule has 0 fully saturated rings. The summed E-state index contributed by atoms with van der Waals surface area (Å²) in [5.74, 6) is 0.694. The van der Waals surface area contributed by atoms with Crippen LogP contribution in [-0.4, -0.2) is 22.1 Å². The number of carbonyl (C=O) groups is 1. The zero-order chi connectivity index (χ0) is 15.4. The molecular weight excluding hydrogens is 288 g/mol. The van der Waals surface area contributed by atoms with Crippen molar-refractivity contribution in [3.8, 4) is 0 Å². The predicted octanol–water partition coefficient (Wildman–Crippen LogP) is 3.99. The van der Waals surface area contributed by atoms with Gasteiger partial charge in [0.25, 0.3) is 0 Å². The Kier molecular flexibility index (Phi) is 5.23. The number of nitrogens with zero attached hydrogens (tertiary/aromatic N) is 2. The summed E-state index contributed by atoms with van der Waals surface area (Å²) in [5, 5.41) is -0.166. The first-order chi connectivity index (χ1) is 10.0. The Morgan fingerprint density at radius 2 is 2.24 bits per heavy atom. The van der Waals surface area contributed by atoms with Crippen LogP contribution in [0, 0.1) is 6.92 Å². The van der Waals surface area contributed by atoms with Gasteiger partial charge in [0.1, 0.15) is 5.82 Å². The van der Waals surface area contributed by atoms with Crippen molar-refractivity contribution in [1.82, 2.24) is 9.55 Å². The number of aromatic nitrogens is 2. The molecule has 5 heteroatoms. The summed E-state index contributed by atoms with van der Waals surface area (Å²) in [7, 11) is 0. The summed E-state index contributed by atoms with van der Waals surface area (Å²) < 4.78 is 7.06. The summed E-state index contributed by atoms with van der Waals surface area (Å²) >= 11 is 6.24. The highest BCUT2D eigenvalue weighted by Gasteiger charge is 2.15. The highest BCUT2D eigenvalue weighted by Crippen LogP contribution is 2.25. The van der Waals surface area contributed by atoms with Gasteiger partial charge in [-0.3, -0.25) is 4.79 Å². The highest BCUT2D eigenvalue weighted by atomic mass is 35.5. The number of hydrogen-bond acceptors (Lipinski definition) is 3. The van der Waals surface area contributed by atoms with Gasteiger partial charge in [0.2, 0.25) is 0 Å². The van der Waals surface area contributed by atoms with Crippen molar-refractivity contribution in [2.24, 2.45) is 0 Å². The second kappa shape index (κ2) is 6.94. The average molecular weight is 309 g/mol. The Morgan fingerprint density at radius 1 is 1.48 bits per heavy atom. The minimum atomic E-state index is -0.166. The topological polar surface area (TPSA) is 44.1 Å². The molecule has 4 nitrogen and oxygen atoms in total. The molecule has 2 aromatic rings. The Morgan fingerprint density at radius 3 is 2.90 bits per heavy atom. The fraction of sp³-hybridized carbons (Fsp3) is 0.500. The lowest BCUT2D eigenvalue weighted by atomic mass is 10.2. The Balaban J connectivity index is 2.20. The summed E-state index contributed by atoms with van der Waals surface area (Å²) in [6.07, 6.45) is 1.13. The number of benzene rings is 1. The average Bonchev–Trinajstić information content (AvgIpc) is 2.77. The minimum Gasteiger partial charge on any atom is -0.466 e. The van der Waals surface area contributed by atoms with Crippen LogP contribution in [0.1, 0.15) is 43.5 Å². The fourth-order valence-electron chi connectivity index (χ4n) is 2.41. The van der Waals surface area contributed by atoms with Crippen LogP contribution in [0.15, 0.2) is 18.2 Å². The predicted molar refractivity (Wildman–Crippen MR) is 84.6 cm³/mol. The number of aryl methyl sites for hydroxylation is 2. The third-order valence-electron chi connectivity index (χ3n) is 3.36. The van der Waals surface area contributed by atoms with E-state index in [1.54, 1.807) is 0 Å². The first-order valence-corrected chi connectivity index (χ1v) is 7.73. The van der Waals surface area contributed by atoms with Gasteiger partial charge in [0.05, 0.1) is 23.0 Å². The van der Waals surface area contributed by atoms with Crippen LogP contribution in [0.3, 0.4) is 0 Å². The lowest BCUT2D eigenvalue weighted by Gasteiger charge is -2.10. The maximum atomic E-state index is 11.4. The van der Waals surface area contributed by atoms with E-state index in [1.807, 2.05) is 20.8 Å². The molecule has 0 saturated heterocycles. The van der Waals surface area contributed by atoms with E-state index in [9.17, 15) is 4.79 Å². The van der Waals surface area contributed by atoms with Gasteiger partial charge in [0, 0.05) is 13.0 Å². The van der Waals surface area contributed by atoms with Crippen LogP contribution >= 0.6 is 11.6 Å². The highest BCUT2D eigenvalue weighted by molar-refractivity contribution is 6.20. The van der Waals surface area contributed by atoms with Crippen LogP contribution in [0.2, 0.25) is 0 Å². The van der Waals surface area contributed by atoms with Crippen molar-refractivity contribution in [2.75, 3.05) is 6.61 Å². The molecule has 0 aliphatic heterocycles. The molecule has 114 valence electrons. The van der Waals surface area contributed by atoms with Gasteiger partial charge in [-0.25, -0.2) is 4.98 Å². The molecule has 0 N–H and O–H groups in total. The standard InChI is InChI=1S/C16H21ClN2O2/c1-4-21-15(20)6-5-9-19-14-8-7-11(2)10-13(14)18-16(19)12(3)17/h7-8,10,12H,4-6,9H2,1-3H3. The van der Waals surface area contributed by atoms with Crippen molar-refractivity contribution < 1.29 is 9.53 Å². The molecule has 0 radical (unpaired) electrons. The molecule has 1 aromatic heterocycles. The summed E-state index contributed by atoms with van der Waals surface area (Å²) in [4.78, 5) is 16.0. The monoisotopic (exact) mass is 308 g/mol. The van der Waals surface area contributed by atoms with Gasteiger partial charge in [-0.1, -0.05) is 6.07 Å². The second-order valence-corrected chi connectivity index (χ2v) is 5.79. The van der Waals surface area contributed by atoms with Crippen molar-refractivity contribution in [1.29, 1.82) is 0 Å². The SMILES string of the molecule is CCOC(=O)CCCn1c(C(C)Cl)nc2cc(C)ccc21. The van der Waals surface area contributed by atoms with E-state index in [2.05, 4.69) is 27.8 Å². The summed E-state index contributed by atoms with van der Waals surface area (Å²) in [6.45, 7) is 6.91. The number of esters is 1. The van der Waals surface area contributed by atoms with Gasteiger partial charge in [-0.2, -0.15) is 0 Å². The molecule has 1 aromatic carbocycles. The lowest BCUT2D eigenvalue weighted by molar-refractivity contribution is -0.143. The van der Waals surface area contributed by atoms with E-state index in [1.165, 1.54) is 5.56 Å². The molecule has 0 bridgehead atoms. The molecule has 0 amide bonds. The lowest BCUT2D eigenvalue weighted by Crippen LogP contribution is -2.08. The maximum Gasteiger partial charge on any atom is 0.305 e. The number of ether oxygens (including phenoxy) is 1. The molecule has 0 aliphatic carbocycles. The van der Waals surface area contributed by atoms with Crippen molar-refractivity contribution >= 4 is 28.6 Å². The number of fused-ring (bicyclic) bond motifs is 1. The summed E-state index contributed by atoms with van der Waals surface area (Å²) in [5.41, 5.74) is 3.19. The van der Waals surface area contributed by atoms with Gasteiger partial charge >= 0.3 is 5.97 Å². The number of alkyl halides is 1. The van der Waals surface area contributed by atoms with Crippen LogP contribution < -0.4 is 0 Å². The zero-order valence-electron chi connectivity index (χ0n) is 12.7. The number of imidazole rings is 1. The van der Waals surface area contributed by atoms with Crippen molar-refractivity contribution in [2.45, 2.75) is 45.5 Å². The molecule has 1 heterocycles. The van der Waals surface area contributed by atoms with Crippen molar-refractivity contribution in [3.05, 3.63) is 29.6 Å². The first kappa shape index (κ1) is 15.8. The van der Waals surface area contributed by atoms with Crippen LogP contribution in [0.25, 0.3) is 11.0 Å². The molecule has 2 rings (SSSR count).